The van der Waals surface area contributed by atoms with E-state index in [1.807, 2.05) is 12.1 Å². The third-order valence-electron chi connectivity index (χ3n) is 3.38. The maximum atomic E-state index is 11.3. The molecule has 0 saturated carbocycles. The zero-order valence-electron chi connectivity index (χ0n) is 11.0. The first-order valence-electron chi connectivity index (χ1n) is 6.38. The van der Waals surface area contributed by atoms with E-state index in [0.29, 0.717) is 18.2 Å². The number of ether oxygens (including phenoxy) is 1. The Labute approximate surface area is 116 Å². The Morgan fingerprint density at radius 3 is 2.84 bits per heavy atom. The molecule has 4 nitrogen and oxygen atoms in total. The number of hydrogen-bond donors (Lipinski definition) is 1. The van der Waals surface area contributed by atoms with E-state index in [1.54, 1.807) is 13.2 Å². The van der Waals surface area contributed by atoms with E-state index in [9.17, 15) is 4.21 Å². The average molecular weight is 278 g/mol. The molecule has 102 valence electrons. The van der Waals surface area contributed by atoms with E-state index in [4.69, 9.17) is 10.00 Å². The molecule has 5 heteroatoms. The molecule has 0 amide bonds. The van der Waals surface area contributed by atoms with E-state index in [1.165, 1.54) is 0 Å². The predicted molar refractivity (Wildman–Crippen MR) is 75.4 cm³/mol. The van der Waals surface area contributed by atoms with Crippen LogP contribution in [0.3, 0.4) is 0 Å². The van der Waals surface area contributed by atoms with Crippen LogP contribution in [0.15, 0.2) is 18.2 Å². The third-order valence-corrected chi connectivity index (χ3v) is 4.76. The van der Waals surface area contributed by atoms with Gasteiger partial charge in [0.25, 0.3) is 0 Å². The van der Waals surface area contributed by atoms with Crippen molar-refractivity contribution >= 4 is 10.8 Å². The maximum Gasteiger partial charge on any atom is 0.123 e. The van der Waals surface area contributed by atoms with Crippen LogP contribution in [-0.2, 0) is 17.3 Å². The highest BCUT2D eigenvalue weighted by Gasteiger charge is 2.17. The van der Waals surface area contributed by atoms with E-state index >= 15 is 0 Å². The lowest BCUT2D eigenvalue weighted by Crippen LogP contribution is -2.35. The van der Waals surface area contributed by atoms with Crippen molar-refractivity contribution in [2.75, 3.05) is 18.6 Å². The monoisotopic (exact) mass is 278 g/mol. The van der Waals surface area contributed by atoms with Gasteiger partial charge in [-0.15, -0.1) is 0 Å². The number of nitriles is 1. The van der Waals surface area contributed by atoms with Gasteiger partial charge in [-0.05, 0) is 31.0 Å². The maximum absolute atomic E-state index is 11.3. The molecule has 2 rings (SSSR count). The first-order valence-corrected chi connectivity index (χ1v) is 7.87. The van der Waals surface area contributed by atoms with E-state index in [2.05, 4.69) is 11.4 Å². The van der Waals surface area contributed by atoms with Gasteiger partial charge in [0.1, 0.15) is 5.75 Å². The quantitative estimate of drug-likeness (QED) is 0.908. The molecule has 0 unspecified atom stereocenters. The lowest BCUT2D eigenvalue weighted by Gasteiger charge is -2.23. The van der Waals surface area contributed by atoms with Crippen molar-refractivity contribution < 1.29 is 8.95 Å². The standard InChI is InChI=1S/C14H18N2O2S/c1-18-14-3-2-11(9-15)8-12(14)10-16-13-4-6-19(17)7-5-13/h2-3,8,13,16H,4-7,10H2,1H3. The second-order valence-corrected chi connectivity index (χ2v) is 6.34. The van der Waals surface area contributed by atoms with E-state index in [0.717, 1.165) is 35.7 Å². The van der Waals surface area contributed by atoms with Gasteiger partial charge in [-0.25, -0.2) is 0 Å². The van der Waals surface area contributed by atoms with Crippen LogP contribution in [0, 0.1) is 11.3 Å². The van der Waals surface area contributed by atoms with Gasteiger partial charge in [-0.3, -0.25) is 4.21 Å². The van der Waals surface area contributed by atoms with Crippen molar-refractivity contribution in [3.05, 3.63) is 29.3 Å². The molecular weight excluding hydrogens is 260 g/mol. The zero-order chi connectivity index (χ0) is 13.7. The molecule has 19 heavy (non-hydrogen) atoms. The van der Waals surface area contributed by atoms with Gasteiger partial charge in [-0.1, -0.05) is 0 Å². The Morgan fingerprint density at radius 2 is 2.21 bits per heavy atom. The molecule has 1 aliphatic heterocycles. The number of hydrogen-bond acceptors (Lipinski definition) is 4. The SMILES string of the molecule is COc1ccc(C#N)cc1CNC1CCS(=O)CC1. The molecule has 0 radical (unpaired) electrons. The molecule has 1 aromatic carbocycles. The number of methoxy groups -OCH3 is 1. The molecule has 1 N–H and O–H groups in total. The van der Waals surface area contributed by atoms with Gasteiger partial charge in [0.2, 0.25) is 0 Å². The van der Waals surface area contributed by atoms with Gasteiger partial charge in [0.15, 0.2) is 0 Å². The minimum atomic E-state index is -0.628. The topological polar surface area (TPSA) is 62.1 Å². The lowest BCUT2D eigenvalue weighted by atomic mass is 10.1. The summed E-state index contributed by atoms with van der Waals surface area (Å²) in [6.07, 6.45) is 1.90. The fraction of sp³-hybridized carbons (Fsp3) is 0.500. The Morgan fingerprint density at radius 1 is 1.47 bits per heavy atom. The summed E-state index contributed by atoms with van der Waals surface area (Å²) < 4.78 is 16.6. The summed E-state index contributed by atoms with van der Waals surface area (Å²) in [5.41, 5.74) is 1.63. The number of benzene rings is 1. The number of nitrogens with zero attached hydrogens (tertiary/aromatic N) is 1. The van der Waals surface area contributed by atoms with Crippen LogP contribution < -0.4 is 10.1 Å². The first-order chi connectivity index (χ1) is 9.22. The van der Waals surface area contributed by atoms with E-state index in [-0.39, 0.29) is 0 Å². The summed E-state index contributed by atoms with van der Waals surface area (Å²) in [6, 6.07) is 7.98. The van der Waals surface area contributed by atoms with Crippen molar-refractivity contribution in [2.45, 2.75) is 25.4 Å². The molecule has 0 spiro atoms. The van der Waals surface area contributed by atoms with E-state index < -0.39 is 10.8 Å². The molecule has 1 aliphatic rings. The molecule has 1 heterocycles. The Bertz CT molecular complexity index is 501. The average Bonchev–Trinajstić information content (AvgIpc) is 2.46. The summed E-state index contributed by atoms with van der Waals surface area (Å²) in [6.45, 7) is 0.677. The van der Waals surface area contributed by atoms with Crippen molar-refractivity contribution in [1.29, 1.82) is 5.26 Å². The lowest BCUT2D eigenvalue weighted by molar-refractivity contribution is 0.402. The largest absolute Gasteiger partial charge is 0.496 e. The van der Waals surface area contributed by atoms with Gasteiger partial charge in [0, 0.05) is 40.5 Å². The fourth-order valence-corrected chi connectivity index (χ4v) is 3.54. The van der Waals surface area contributed by atoms with Gasteiger partial charge >= 0.3 is 0 Å². The molecule has 1 aromatic rings. The smallest absolute Gasteiger partial charge is 0.123 e. The van der Waals surface area contributed by atoms with Crippen molar-refractivity contribution in [1.82, 2.24) is 5.32 Å². The van der Waals surface area contributed by atoms with Crippen LogP contribution in [0.2, 0.25) is 0 Å². The molecule has 1 saturated heterocycles. The minimum Gasteiger partial charge on any atom is -0.496 e. The zero-order valence-corrected chi connectivity index (χ0v) is 11.8. The van der Waals surface area contributed by atoms with Crippen LogP contribution in [0.25, 0.3) is 0 Å². The van der Waals surface area contributed by atoms with Crippen LogP contribution in [0.5, 0.6) is 5.75 Å². The Balaban J connectivity index is 1.98. The highest BCUT2D eigenvalue weighted by atomic mass is 32.2. The summed E-state index contributed by atoms with van der Waals surface area (Å²) in [4.78, 5) is 0. The normalized spacial score (nSPS) is 22.7. The molecule has 0 aromatic heterocycles. The highest BCUT2D eigenvalue weighted by molar-refractivity contribution is 7.85. The van der Waals surface area contributed by atoms with Crippen LogP contribution in [0.4, 0.5) is 0 Å². The van der Waals surface area contributed by atoms with Gasteiger partial charge < -0.3 is 10.1 Å². The second-order valence-electron chi connectivity index (χ2n) is 4.64. The number of rotatable bonds is 4. The van der Waals surface area contributed by atoms with Crippen molar-refractivity contribution in [3.63, 3.8) is 0 Å². The fourth-order valence-electron chi connectivity index (χ4n) is 2.24. The molecule has 0 atom stereocenters. The van der Waals surface area contributed by atoms with Crippen molar-refractivity contribution in [3.8, 4) is 11.8 Å². The van der Waals surface area contributed by atoms with Gasteiger partial charge in [0.05, 0.1) is 18.7 Å². The molecule has 0 aliphatic carbocycles. The van der Waals surface area contributed by atoms with Crippen LogP contribution in [-0.4, -0.2) is 28.9 Å². The molecule has 0 bridgehead atoms. The predicted octanol–water partition coefficient (Wildman–Crippen LogP) is 1.57. The molecule has 1 fully saturated rings. The van der Waals surface area contributed by atoms with Crippen LogP contribution in [0.1, 0.15) is 24.0 Å². The second kappa shape index (κ2) is 6.69. The van der Waals surface area contributed by atoms with Gasteiger partial charge in [-0.2, -0.15) is 5.26 Å². The summed E-state index contributed by atoms with van der Waals surface area (Å²) >= 11 is 0. The minimum absolute atomic E-state index is 0.410. The van der Waals surface area contributed by atoms with Crippen molar-refractivity contribution in [2.24, 2.45) is 0 Å². The Hall–Kier alpha value is -1.38. The third kappa shape index (κ3) is 3.79. The Kier molecular flexibility index (Phi) is 4.94. The first kappa shape index (κ1) is 14.0. The van der Waals surface area contributed by atoms with Crippen LogP contribution >= 0.6 is 0 Å². The highest BCUT2D eigenvalue weighted by Crippen LogP contribution is 2.20. The summed E-state index contributed by atoms with van der Waals surface area (Å²) in [7, 11) is 1.01. The number of nitrogens with one attached hydrogen (secondary N) is 1. The molecular formula is C14H18N2O2S. The summed E-state index contributed by atoms with van der Waals surface area (Å²) in [5, 5.41) is 12.4. The summed E-state index contributed by atoms with van der Waals surface area (Å²) in [5.74, 6) is 2.37.